The third kappa shape index (κ3) is 10.2. The molecule has 0 saturated heterocycles. The Hall–Kier alpha value is -2.73. The van der Waals surface area contributed by atoms with Crippen LogP contribution in [0.3, 0.4) is 0 Å². The van der Waals surface area contributed by atoms with Gasteiger partial charge in [-0.25, -0.2) is 4.79 Å². The molecule has 0 aliphatic heterocycles. The molecule has 0 fully saturated rings. The van der Waals surface area contributed by atoms with Crippen molar-refractivity contribution in [1.82, 2.24) is 16.0 Å². The number of unbranched alkanes of at least 4 members (excludes halogenated alkanes) is 1. The molecule has 0 spiro atoms. The molecular weight excluding hydrogens is 396 g/mol. The lowest BCUT2D eigenvalue weighted by Gasteiger charge is -2.24. The first-order chi connectivity index (χ1) is 13.9. The van der Waals surface area contributed by atoms with E-state index in [2.05, 4.69) is 16.0 Å². The number of nitrogens with one attached hydrogen (secondary N) is 3. The molecule has 4 atom stereocenters. The summed E-state index contributed by atoms with van der Waals surface area (Å²) in [6, 6.07) is -4.48. The van der Waals surface area contributed by atoms with E-state index in [4.69, 9.17) is 17.2 Å². The predicted octanol–water partition coefficient (Wildman–Crippen LogP) is -2.47. The number of primary amides is 1. The van der Waals surface area contributed by atoms with Crippen molar-refractivity contribution in [2.24, 2.45) is 23.1 Å². The van der Waals surface area contributed by atoms with Crippen molar-refractivity contribution in [2.45, 2.75) is 70.6 Å². The molecule has 0 rings (SSSR count). The van der Waals surface area contributed by atoms with E-state index in [0.717, 1.165) is 0 Å². The highest BCUT2D eigenvalue weighted by atomic mass is 16.4. The quantitative estimate of drug-likeness (QED) is 0.146. The van der Waals surface area contributed by atoms with Crippen LogP contribution in [-0.4, -0.2) is 65.4 Å². The van der Waals surface area contributed by atoms with E-state index in [1.165, 1.54) is 6.92 Å². The van der Waals surface area contributed by atoms with Gasteiger partial charge in [0.1, 0.15) is 18.1 Å². The predicted molar refractivity (Wildman–Crippen MR) is 109 cm³/mol. The largest absolute Gasteiger partial charge is 0.480 e. The number of nitrogens with two attached hydrogens (primary N) is 3. The second-order valence-corrected chi connectivity index (χ2v) is 7.42. The average molecular weight is 431 g/mol. The van der Waals surface area contributed by atoms with E-state index in [0.29, 0.717) is 25.8 Å². The van der Waals surface area contributed by atoms with Crippen LogP contribution in [0.15, 0.2) is 0 Å². The van der Waals surface area contributed by atoms with E-state index in [-0.39, 0.29) is 0 Å². The van der Waals surface area contributed by atoms with Crippen molar-refractivity contribution < 1.29 is 29.1 Å². The van der Waals surface area contributed by atoms with Crippen LogP contribution in [0.4, 0.5) is 0 Å². The van der Waals surface area contributed by atoms with Gasteiger partial charge in [-0.05, 0) is 32.2 Å². The van der Waals surface area contributed by atoms with Gasteiger partial charge in [0.05, 0.1) is 12.5 Å². The zero-order valence-corrected chi connectivity index (χ0v) is 17.6. The highest BCUT2D eigenvalue weighted by molar-refractivity contribution is 5.95. The number of hydrogen-bond acceptors (Lipinski definition) is 7. The highest BCUT2D eigenvalue weighted by Gasteiger charge is 2.30. The summed E-state index contributed by atoms with van der Waals surface area (Å²) in [6.45, 7) is 5.05. The van der Waals surface area contributed by atoms with E-state index >= 15 is 0 Å². The highest BCUT2D eigenvalue weighted by Crippen LogP contribution is 2.04. The van der Waals surface area contributed by atoms with Crippen LogP contribution < -0.4 is 33.2 Å². The fourth-order valence-electron chi connectivity index (χ4n) is 2.50. The number of carboxylic acid groups (broad SMARTS) is 1. The molecule has 0 aromatic rings. The fraction of sp³-hybridized carbons (Fsp3) is 0.722. The second-order valence-electron chi connectivity index (χ2n) is 7.42. The number of aliphatic carboxylic acids is 1. The molecule has 0 aliphatic carbocycles. The van der Waals surface area contributed by atoms with Gasteiger partial charge in [-0.1, -0.05) is 20.3 Å². The Labute approximate surface area is 175 Å². The SMILES string of the molecule is CC(NC(=O)C(N)CCCCN)C(=O)NC(CC(N)=O)C(=O)NC(C(=O)O)C(C)C. The first-order valence-electron chi connectivity index (χ1n) is 9.78. The van der Waals surface area contributed by atoms with Gasteiger partial charge in [-0.15, -0.1) is 0 Å². The first kappa shape index (κ1) is 27.3. The topological polar surface area (TPSA) is 220 Å². The summed E-state index contributed by atoms with van der Waals surface area (Å²) >= 11 is 0. The van der Waals surface area contributed by atoms with Crippen LogP contribution in [0.25, 0.3) is 0 Å². The maximum Gasteiger partial charge on any atom is 0.326 e. The van der Waals surface area contributed by atoms with Gasteiger partial charge in [-0.2, -0.15) is 0 Å². The Morgan fingerprint density at radius 3 is 1.97 bits per heavy atom. The Bertz CT molecular complexity index is 626. The van der Waals surface area contributed by atoms with E-state index in [1.54, 1.807) is 13.8 Å². The van der Waals surface area contributed by atoms with Crippen LogP contribution in [0.1, 0.15) is 46.5 Å². The summed E-state index contributed by atoms with van der Waals surface area (Å²) in [5.41, 5.74) is 16.3. The van der Waals surface area contributed by atoms with Crippen molar-refractivity contribution in [3.05, 3.63) is 0 Å². The molecule has 0 aromatic carbocycles. The zero-order chi connectivity index (χ0) is 23.4. The molecule has 0 aliphatic rings. The molecule has 0 saturated carbocycles. The Morgan fingerprint density at radius 1 is 0.900 bits per heavy atom. The van der Waals surface area contributed by atoms with Crippen LogP contribution in [-0.2, 0) is 24.0 Å². The van der Waals surface area contributed by atoms with Crippen LogP contribution in [0, 0.1) is 5.92 Å². The molecule has 0 bridgehead atoms. The van der Waals surface area contributed by atoms with Gasteiger partial charge in [0.2, 0.25) is 23.6 Å². The molecule has 4 unspecified atom stereocenters. The van der Waals surface area contributed by atoms with Gasteiger partial charge in [-0.3, -0.25) is 19.2 Å². The molecule has 12 nitrogen and oxygen atoms in total. The van der Waals surface area contributed by atoms with Crippen LogP contribution in [0.5, 0.6) is 0 Å². The molecular formula is C18H34N6O6. The summed E-state index contributed by atoms with van der Waals surface area (Å²) in [5, 5.41) is 16.2. The van der Waals surface area contributed by atoms with E-state index < -0.39 is 66.1 Å². The van der Waals surface area contributed by atoms with Gasteiger partial charge in [0.15, 0.2) is 0 Å². The van der Waals surface area contributed by atoms with Gasteiger partial charge < -0.3 is 38.3 Å². The van der Waals surface area contributed by atoms with Crippen molar-refractivity contribution in [3.63, 3.8) is 0 Å². The summed E-state index contributed by atoms with van der Waals surface area (Å²) in [6.07, 6.45) is 1.24. The Kier molecular flexibility index (Phi) is 12.3. The summed E-state index contributed by atoms with van der Waals surface area (Å²) in [7, 11) is 0. The normalized spacial score (nSPS) is 14.9. The summed E-state index contributed by atoms with van der Waals surface area (Å²) in [4.78, 5) is 59.4. The average Bonchev–Trinajstić information content (AvgIpc) is 2.64. The fourth-order valence-corrected chi connectivity index (χ4v) is 2.50. The minimum Gasteiger partial charge on any atom is -0.480 e. The number of rotatable bonds is 14. The van der Waals surface area contributed by atoms with Crippen LogP contribution in [0.2, 0.25) is 0 Å². The van der Waals surface area contributed by atoms with Crippen molar-refractivity contribution in [1.29, 1.82) is 0 Å². The molecule has 0 radical (unpaired) electrons. The van der Waals surface area contributed by atoms with Gasteiger partial charge in [0, 0.05) is 0 Å². The number of amides is 4. The van der Waals surface area contributed by atoms with Crippen molar-refractivity contribution >= 4 is 29.6 Å². The maximum absolute atomic E-state index is 12.4. The smallest absolute Gasteiger partial charge is 0.326 e. The third-order valence-corrected chi connectivity index (χ3v) is 4.33. The summed E-state index contributed by atoms with van der Waals surface area (Å²) in [5.74, 6) is -4.74. The standard InChI is InChI=1S/C18H34N6O6/c1-9(2)14(18(29)30)24-17(28)12(8-13(21)25)23-15(26)10(3)22-16(27)11(20)6-4-5-7-19/h9-12,14H,4-8,19-20H2,1-3H3,(H2,21,25)(H,22,27)(H,23,26)(H,24,28)(H,29,30). The molecule has 4 amide bonds. The lowest BCUT2D eigenvalue weighted by Crippen LogP contribution is -2.57. The minimum atomic E-state index is -1.40. The lowest BCUT2D eigenvalue weighted by atomic mass is 10.0. The second kappa shape index (κ2) is 13.5. The maximum atomic E-state index is 12.4. The molecule has 0 heterocycles. The molecule has 172 valence electrons. The Morgan fingerprint density at radius 2 is 1.50 bits per heavy atom. The summed E-state index contributed by atoms with van der Waals surface area (Å²) < 4.78 is 0. The van der Waals surface area contributed by atoms with Crippen LogP contribution >= 0.6 is 0 Å². The van der Waals surface area contributed by atoms with Gasteiger partial charge in [0.25, 0.3) is 0 Å². The molecule has 0 aromatic heterocycles. The van der Waals surface area contributed by atoms with E-state index in [9.17, 15) is 29.1 Å². The first-order valence-corrected chi connectivity index (χ1v) is 9.78. The number of carbonyl (C=O) groups excluding carboxylic acids is 4. The van der Waals surface area contributed by atoms with Crippen molar-refractivity contribution in [3.8, 4) is 0 Å². The minimum absolute atomic E-state index is 0.399. The van der Waals surface area contributed by atoms with Gasteiger partial charge >= 0.3 is 5.97 Å². The lowest BCUT2D eigenvalue weighted by molar-refractivity contribution is -0.143. The van der Waals surface area contributed by atoms with Crippen molar-refractivity contribution in [2.75, 3.05) is 6.54 Å². The van der Waals surface area contributed by atoms with E-state index in [1.807, 2.05) is 0 Å². The molecule has 12 heteroatoms. The monoisotopic (exact) mass is 430 g/mol. The molecule has 10 N–H and O–H groups in total. The number of hydrogen-bond donors (Lipinski definition) is 7. The number of carboxylic acids is 1. The number of carbonyl (C=O) groups is 5. The Balaban J connectivity index is 5.00. The zero-order valence-electron chi connectivity index (χ0n) is 17.6. The molecule has 30 heavy (non-hydrogen) atoms. The third-order valence-electron chi connectivity index (χ3n) is 4.33.